The topological polar surface area (TPSA) is 54.9 Å². The van der Waals surface area contributed by atoms with Gasteiger partial charge in [-0.1, -0.05) is 32.0 Å². The summed E-state index contributed by atoms with van der Waals surface area (Å²) >= 11 is 0. The van der Waals surface area contributed by atoms with Gasteiger partial charge in [0.15, 0.2) is 5.96 Å². The summed E-state index contributed by atoms with van der Waals surface area (Å²) in [7, 11) is 0. The quantitative estimate of drug-likeness (QED) is 0.388. The van der Waals surface area contributed by atoms with E-state index in [0.717, 1.165) is 44.3 Å². The summed E-state index contributed by atoms with van der Waals surface area (Å²) in [5.74, 6) is 2.48. The number of nitrogens with zero attached hydrogens (tertiary/aromatic N) is 1. The number of rotatable bonds is 3. The lowest BCUT2D eigenvalue weighted by atomic mass is 9.55. The zero-order valence-corrected chi connectivity index (χ0v) is 18.9. The fraction of sp³-hybridized carbons (Fsp3) is 0.667. The van der Waals surface area contributed by atoms with Crippen LogP contribution in [0.2, 0.25) is 0 Å². The smallest absolute Gasteiger partial charge is 0.191 e. The molecule has 1 aromatic rings. The van der Waals surface area contributed by atoms with E-state index in [1.165, 1.54) is 12.0 Å². The van der Waals surface area contributed by atoms with Crippen LogP contribution in [0.15, 0.2) is 29.3 Å². The Bertz CT molecular complexity index is 679. The van der Waals surface area contributed by atoms with Crippen LogP contribution in [0.25, 0.3) is 0 Å². The van der Waals surface area contributed by atoms with E-state index in [9.17, 15) is 0 Å². The maximum Gasteiger partial charge on any atom is 0.191 e. The zero-order chi connectivity index (χ0) is 18.1. The van der Waals surface area contributed by atoms with Crippen LogP contribution in [0.5, 0.6) is 5.75 Å². The van der Waals surface area contributed by atoms with Gasteiger partial charge in [0.05, 0.1) is 18.8 Å². The highest BCUT2D eigenvalue weighted by Gasteiger charge is 2.58. The molecule has 4 rings (SSSR count). The van der Waals surface area contributed by atoms with Gasteiger partial charge >= 0.3 is 0 Å². The summed E-state index contributed by atoms with van der Waals surface area (Å²) in [6, 6.07) is 8.94. The second-order valence-corrected chi connectivity index (χ2v) is 8.24. The molecule has 5 nitrogen and oxygen atoms in total. The van der Waals surface area contributed by atoms with Gasteiger partial charge in [-0.3, -0.25) is 4.99 Å². The van der Waals surface area contributed by atoms with Gasteiger partial charge in [0.1, 0.15) is 5.75 Å². The Hall–Kier alpha value is -1.02. The van der Waals surface area contributed by atoms with Crippen molar-refractivity contribution in [3.05, 3.63) is 29.8 Å². The first-order chi connectivity index (χ1) is 12.6. The maximum atomic E-state index is 6.04. The molecule has 3 aliphatic rings. The van der Waals surface area contributed by atoms with E-state index in [4.69, 9.17) is 14.5 Å². The van der Waals surface area contributed by atoms with Gasteiger partial charge in [-0.2, -0.15) is 0 Å². The molecule has 4 atom stereocenters. The van der Waals surface area contributed by atoms with Crippen molar-refractivity contribution >= 4 is 29.9 Å². The summed E-state index contributed by atoms with van der Waals surface area (Å²) in [5, 5.41) is 7.40. The molecule has 1 saturated carbocycles. The van der Waals surface area contributed by atoms with E-state index >= 15 is 0 Å². The molecule has 1 aliphatic carbocycles. The number of guanidine groups is 1. The summed E-state index contributed by atoms with van der Waals surface area (Å²) in [4.78, 5) is 4.73. The van der Waals surface area contributed by atoms with Gasteiger partial charge in [-0.15, -0.1) is 24.0 Å². The van der Waals surface area contributed by atoms with Crippen LogP contribution in [-0.2, 0) is 4.74 Å². The molecular weight excluding hydrogens is 453 g/mol. The third-order valence-electron chi connectivity index (χ3n) is 6.21. The SMILES string of the molecule is CCN=C(NC1CCOc2ccccc21)NC1C2CCCOC2C1(C)C.I. The first kappa shape index (κ1) is 20.7. The van der Waals surface area contributed by atoms with Crippen LogP contribution in [0.3, 0.4) is 0 Å². The lowest BCUT2D eigenvalue weighted by molar-refractivity contribution is -0.188. The molecule has 0 aromatic heterocycles. The minimum absolute atomic E-state index is 0. The fourth-order valence-corrected chi connectivity index (χ4v) is 4.91. The van der Waals surface area contributed by atoms with E-state index in [1.807, 2.05) is 12.1 Å². The predicted molar refractivity (Wildman–Crippen MR) is 119 cm³/mol. The Morgan fingerprint density at radius 1 is 1.19 bits per heavy atom. The molecular formula is C21H32IN3O2. The van der Waals surface area contributed by atoms with Crippen LogP contribution in [0.4, 0.5) is 0 Å². The lowest BCUT2D eigenvalue weighted by Gasteiger charge is -2.60. The van der Waals surface area contributed by atoms with Gasteiger partial charge in [0.2, 0.25) is 0 Å². The van der Waals surface area contributed by atoms with Gasteiger partial charge in [-0.25, -0.2) is 0 Å². The van der Waals surface area contributed by atoms with Crippen molar-refractivity contribution in [1.82, 2.24) is 10.6 Å². The Morgan fingerprint density at radius 2 is 2.00 bits per heavy atom. The van der Waals surface area contributed by atoms with E-state index < -0.39 is 0 Å². The third kappa shape index (κ3) is 3.92. The second-order valence-electron chi connectivity index (χ2n) is 8.24. The average molecular weight is 485 g/mol. The van der Waals surface area contributed by atoms with Gasteiger partial charge in [0, 0.05) is 42.5 Å². The number of hydrogen-bond donors (Lipinski definition) is 2. The van der Waals surface area contributed by atoms with Crippen molar-refractivity contribution in [3.8, 4) is 5.75 Å². The highest BCUT2D eigenvalue weighted by atomic mass is 127. The molecule has 2 aliphatic heterocycles. The first-order valence-electron chi connectivity index (χ1n) is 10.0. The Balaban J connectivity index is 0.00000210. The van der Waals surface area contributed by atoms with E-state index in [1.54, 1.807) is 0 Å². The van der Waals surface area contributed by atoms with Crippen molar-refractivity contribution in [2.24, 2.45) is 16.3 Å². The second kappa shape index (κ2) is 8.55. The standard InChI is InChI=1S/C21H31N3O2.HI/c1-4-22-20(23-16-11-13-25-17-10-6-5-8-14(16)17)24-18-15-9-7-12-26-19(15)21(18,2)3;/h5-6,8,10,15-16,18-19H,4,7,9,11-13H2,1-3H3,(H2,22,23,24);1H. The Labute approximate surface area is 179 Å². The van der Waals surface area contributed by atoms with Crippen molar-refractivity contribution in [3.63, 3.8) is 0 Å². The van der Waals surface area contributed by atoms with Crippen molar-refractivity contribution in [2.45, 2.75) is 58.2 Å². The van der Waals surface area contributed by atoms with Crippen molar-refractivity contribution in [2.75, 3.05) is 19.8 Å². The minimum atomic E-state index is 0. The highest BCUT2D eigenvalue weighted by Crippen LogP contribution is 2.51. The van der Waals surface area contributed by atoms with Crippen LogP contribution >= 0.6 is 24.0 Å². The molecule has 27 heavy (non-hydrogen) atoms. The number of hydrogen-bond acceptors (Lipinski definition) is 3. The minimum Gasteiger partial charge on any atom is -0.493 e. The molecule has 1 saturated heterocycles. The normalized spacial score (nSPS) is 31.3. The van der Waals surface area contributed by atoms with Crippen LogP contribution in [0, 0.1) is 11.3 Å². The third-order valence-corrected chi connectivity index (χ3v) is 6.21. The van der Waals surface area contributed by atoms with Crippen molar-refractivity contribution < 1.29 is 9.47 Å². The molecule has 0 amide bonds. The molecule has 4 unspecified atom stereocenters. The van der Waals surface area contributed by atoms with E-state index in [-0.39, 0.29) is 35.4 Å². The van der Waals surface area contributed by atoms with Gasteiger partial charge < -0.3 is 20.1 Å². The molecule has 2 heterocycles. The summed E-state index contributed by atoms with van der Waals surface area (Å²) in [6.45, 7) is 9.11. The number of halogens is 1. The number of nitrogens with one attached hydrogen (secondary N) is 2. The fourth-order valence-electron chi connectivity index (χ4n) is 4.91. The molecule has 0 spiro atoms. The molecule has 2 N–H and O–H groups in total. The Morgan fingerprint density at radius 3 is 2.81 bits per heavy atom. The van der Waals surface area contributed by atoms with E-state index in [2.05, 4.69) is 43.5 Å². The largest absolute Gasteiger partial charge is 0.493 e. The van der Waals surface area contributed by atoms with Crippen LogP contribution in [0.1, 0.15) is 51.6 Å². The monoisotopic (exact) mass is 485 g/mol. The number of para-hydroxylation sites is 1. The number of fused-ring (bicyclic) bond motifs is 2. The molecule has 0 bridgehead atoms. The predicted octanol–water partition coefficient (Wildman–Crippen LogP) is 3.89. The lowest BCUT2D eigenvalue weighted by Crippen LogP contribution is -2.71. The van der Waals surface area contributed by atoms with Gasteiger partial charge in [0.25, 0.3) is 0 Å². The molecule has 150 valence electrons. The Kier molecular flexibility index (Phi) is 6.56. The molecule has 0 radical (unpaired) electrons. The molecule has 1 aromatic carbocycles. The maximum absolute atomic E-state index is 6.04. The highest BCUT2D eigenvalue weighted by molar-refractivity contribution is 14.0. The first-order valence-corrected chi connectivity index (χ1v) is 10.0. The summed E-state index contributed by atoms with van der Waals surface area (Å²) in [6.07, 6.45) is 3.73. The van der Waals surface area contributed by atoms with Crippen LogP contribution < -0.4 is 15.4 Å². The van der Waals surface area contributed by atoms with Crippen molar-refractivity contribution in [1.29, 1.82) is 0 Å². The van der Waals surface area contributed by atoms with E-state index in [0.29, 0.717) is 18.1 Å². The molecule has 6 heteroatoms. The zero-order valence-electron chi connectivity index (χ0n) is 16.5. The van der Waals surface area contributed by atoms with Gasteiger partial charge in [-0.05, 0) is 25.8 Å². The van der Waals surface area contributed by atoms with Crippen LogP contribution in [-0.4, -0.2) is 37.9 Å². The molecule has 2 fully saturated rings. The summed E-state index contributed by atoms with van der Waals surface area (Å²) in [5.41, 5.74) is 1.35. The number of ether oxygens (including phenoxy) is 2. The average Bonchev–Trinajstić information content (AvgIpc) is 2.66. The summed E-state index contributed by atoms with van der Waals surface area (Å²) < 4.78 is 11.8. The number of benzene rings is 1. The number of aliphatic imine (C=N–C) groups is 1.